The summed E-state index contributed by atoms with van der Waals surface area (Å²) < 4.78 is 18.7. The lowest BCUT2D eigenvalue weighted by molar-refractivity contribution is 0.470. The van der Waals surface area contributed by atoms with E-state index in [9.17, 15) is 4.39 Å². The summed E-state index contributed by atoms with van der Waals surface area (Å²) in [6.07, 6.45) is 1.65. The molecule has 84 valence electrons. The lowest BCUT2D eigenvalue weighted by Gasteiger charge is -2.07. The van der Waals surface area contributed by atoms with E-state index in [4.69, 9.17) is 10.00 Å². The maximum atomic E-state index is 13.2. The highest BCUT2D eigenvalue weighted by atomic mass is 19.1. The molecule has 0 aliphatic carbocycles. The van der Waals surface area contributed by atoms with Gasteiger partial charge in [0.2, 0.25) is 0 Å². The Kier molecular flexibility index (Phi) is 3.01. The fourth-order valence-corrected chi connectivity index (χ4v) is 1.39. The standard InChI is InChI=1S/C13H9FN2O/c1-9-13(3-2-4-16-9)17-12-6-10(8-15)5-11(14)7-12/h2-7H,1H3. The van der Waals surface area contributed by atoms with Crippen molar-refractivity contribution in [3.05, 3.63) is 53.6 Å². The van der Waals surface area contributed by atoms with Crippen LogP contribution in [0.4, 0.5) is 4.39 Å². The van der Waals surface area contributed by atoms with Gasteiger partial charge in [-0.2, -0.15) is 5.26 Å². The molecule has 0 N–H and O–H groups in total. The van der Waals surface area contributed by atoms with Crippen molar-refractivity contribution in [1.29, 1.82) is 5.26 Å². The van der Waals surface area contributed by atoms with Crippen LogP contribution in [0.2, 0.25) is 0 Å². The summed E-state index contributed by atoms with van der Waals surface area (Å²) in [7, 11) is 0. The minimum absolute atomic E-state index is 0.224. The van der Waals surface area contributed by atoms with Crippen molar-refractivity contribution in [3.8, 4) is 17.6 Å². The first-order chi connectivity index (χ1) is 8.19. The molecule has 4 heteroatoms. The summed E-state index contributed by atoms with van der Waals surface area (Å²) in [5, 5.41) is 8.72. The number of rotatable bonds is 2. The van der Waals surface area contributed by atoms with Gasteiger partial charge in [0.25, 0.3) is 0 Å². The normalized spacial score (nSPS) is 9.71. The molecule has 0 aliphatic heterocycles. The average Bonchev–Trinajstić information content (AvgIpc) is 2.31. The van der Waals surface area contributed by atoms with Crippen LogP contribution in [0, 0.1) is 24.1 Å². The number of nitrogens with zero attached hydrogens (tertiary/aromatic N) is 2. The summed E-state index contributed by atoms with van der Waals surface area (Å²) in [6.45, 7) is 1.79. The molecule has 0 saturated carbocycles. The number of benzene rings is 1. The first-order valence-corrected chi connectivity index (χ1v) is 4.99. The molecule has 0 atom stereocenters. The second kappa shape index (κ2) is 4.62. The molecule has 1 aromatic carbocycles. The summed E-state index contributed by atoms with van der Waals surface area (Å²) in [5.74, 6) is 0.334. The highest BCUT2D eigenvalue weighted by Crippen LogP contribution is 2.24. The van der Waals surface area contributed by atoms with Crippen LogP contribution in [-0.4, -0.2) is 4.98 Å². The van der Waals surface area contributed by atoms with Crippen LogP contribution < -0.4 is 4.74 Å². The van der Waals surface area contributed by atoms with Crippen molar-refractivity contribution in [2.24, 2.45) is 0 Å². The SMILES string of the molecule is Cc1ncccc1Oc1cc(F)cc(C#N)c1. The number of hydrogen-bond acceptors (Lipinski definition) is 3. The van der Waals surface area contributed by atoms with E-state index >= 15 is 0 Å². The molecule has 2 aromatic rings. The van der Waals surface area contributed by atoms with Gasteiger partial charge in [-0.15, -0.1) is 0 Å². The Labute approximate surface area is 98.1 Å². The smallest absolute Gasteiger partial charge is 0.148 e. The third-order valence-electron chi connectivity index (χ3n) is 2.19. The van der Waals surface area contributed by atoms with Crippen LogP contribution in [0.15, 0.2) is 36.5 Å². The van der Waals surface area contributed by atoms with Crippen molar-refractivity contribution in [2.45, 2.75) is 6.92 Å². The Balaban J connectivity index is 2.34. The Morgan fingerprint density at radius 2 is 2.18 bits per heavy atom. The first kappa shape index (κ1) is 11.1. The number of halogens is 1. The van der Waals surface area contributed by atoms with Gasteiger partial charge in [0.05, 0.1) is 17.3 Å². The number of aromatic nitrogens is 1. The summed E-state index contributed by atoms with van der Waals surface area (Å²) in [6, 6.07) is 9.20. The average molecular weight is 228 g/mol. The van der Waals surface area contributed by atoms with Gasteiger partial charge in [-0.25, -0.2) is 4.39 Å². The molecule has 0 spiro atoms. The molecular weight excluding hydrogens is 219 g/mol. The molecule has 17 heavy (non-hydrogen) atoms. The van der Waals surface area contributed by atoms with E-state index in [-0.39, 0.29) is 11.3 Å². The predicted molar refractivity (Wildman–Crippen MR) is 60.2 cm³/mol. The van der Waals surface area contributed by atoms with Crippen LogP contribution in [-0.2, 0) is 0 Å². The molecular formula is C13H9FN2O. The van der Waals surface area contributed by atoms with Gasteiger partial charge < -0.3 is 4.74 Å². The van der Waals surface area contributed by atoms with Crippen molar-refractivity contribution in [1.82, 2.24) is 4.98 Å². The molecule has 0 bridgehead atoms. The molecule has 2 rings (SSSR count). The van der Waals surface area contributed by atoms with Crippen LogP contribution >= 0.6 is 0 Å². The number of aryl methyl sites for hydroxylation is 1. The van der Waals surface area contributed by atoms with Gasteiger partial charge in [0.15, 0.2) is 0 Å². The minimum atomic E-state index is -0.499. The fourth-order valence-electron chi connectivity index (χ4n) is 1.39. The zero-order valence-corrected chi connectivity index (χ0v) is 9.14. The lowest BCUT2D eigenvalue weighted by Crippen LogP contribution is -1.91. The maximum Gasteiger partial charge on any atom is 0.148 e. The molecule has 1 heterocycles. The highest BCUT2D eigenvalue weighted by molar-refractivity contribution is 5.40. The zero-order valence-electron chi connectivity index (χ0n) is 9.14. The van der Waals surface area contributed by atoms with Crippen molar-refractivity contribution in [2.75, 3.05) is 0 Å². The van der Waals surface area contributed by atoms with Gasteiger partial charge in [-0.1, -0.05) is 0 Å². The van der Waals surface area contributed by atoms with Gasteiger partial charge in [0.1, 0.15) is 17.3 Å². The third-order valence-corrected chi connectivity index (χ3v) is 2.19. The van der Waals surface area contributed by atoms with E-state index in [2.05, 4.69) is 4.98 Å². The molecule has 1 aromatic heterocycles. The monoisotopic (exact) mass is 228 g/mol. The molecule has 0 aliphatic rings. The van der Waals surface area contributed by atoms with Gasteiger partial charge in [-0.05, 0) is 31.2 Å². The zero-order chi connectivity index (χ0) is 12.3. The largest absolute Gasteiger partial charge is 0.455 e. The summed E-state index contributed by atoms with van der Waals surface area (Å²) in [4.78, 5) is 4.06. The van der Waals surface area contributed by atoms with E-state index in [1.54, 1.807) is 25.3 Å². The Hall–Kier alpha value is -2.41. The topological polar surface area (TPSA) is 45.9 Å². The molecule has 0 radical (unpaired) electrons. The van der Waals surface area contributed by atoms with E-state index < -0.39 is 5.82 Å². The highest BCUT2D eigenvalue weighted by Gasteiger charge is 2.05. The lowest BCUT2D eigenvalue weighted by atomic mass is 10.2. The maximum absolute atomic E-state index is 13.2. The second-order valence-electron chi connectivity index (χ2n) is 3.48. The number of pyridine rings is 1. The molecule has 0 amide bonds. The molecule has 3 nitrogen and oxygen atoms in total. The molecule has 0 fully saturated rings. The number of nitriles is 1. The first-order valence-electron chi connectivity index (χ1n) is 4.99. The second-order valence-corrected chi connectivity index (χ2v) is 3.48. The quantitative estimate of drug-likeness (QED) is 0.792. The van der Waals surface area contributed by atoms with E-state index in [1.165, 1.54) is 12.1 Å². The Morgan fingerprint density at radius 1 is 1.35 bits per heavy atom. The third kappa shape index (κ3) is 2.58. The van der Waals surface area contributed by atoms with E-state index in [1.807, 2.05) is 6.07 Å². The predicted octanol–water partition coefficient (Wildman–Crippen LogP) is 3.19. The van der Waals surface area contributed by atoms with Crippen LogP contribution in [0.5, 0.6) is 11.5 Å². The van der Waals surface area contributed by atoms with E-state index in [0.717, 1.165) is 6.07 Å². The number of ether oxygens (including phenoxy) is 1. The van der Waals surface area contributed by atoms with Crippen LogP contribution in [0.1, 0.15) is 11.3 Å². The summed E-state index contributed by atoms with van der Waals surface area (Å²) in [5.41, 5.74) is 0.928. The number of hydrogen-bond donors (Lipinski definition) is 0. The van der Waals surface area contributed by atoms with Crippen molar-refractivity contribution >= 4 is 0 Å². The van der Waals surface area contributed by atoms with Crippen LogP contribution in [0.25, 0.3) is 0 Å². The Bertz CT molecular complexity index is 590. The van der Waals surface area contributed by atoms with Gasteiger partial charge in [0, 0.05) is 12.3 Å². The van der Waals surface area contributed by atoms with Crippen LogP contribution in [0.3, 0.4) is 0 Å². The van der Waals surface area contributed by atoms with Crippen molar-refractivity contribution in [3.63, 3.8) is 0 Å². The Morgan fingerprint density at radius 3 is 2.88 bits per heavy atom. The summed E-state index contributed by atoms with van der Waals surface area (Å²) >= 11 is 0. The minimum Gasteiger partial charge on any atom is -0.455 e. The van der Waals surface area contributed by atoms with Crippen molar-refractivity contribution < 1.29 is 9.13 Å². The molecule has 0 unspecified atom stereocenters. The molecule has 0 saturated heterocycles. The van der Waals surface area contributed by atoms with Gasteiger partial charge in [-0.3, -0.25) is 4.98 Å². The van der Waals surface area contributed by atoms with E-state index in [0.29, 0.717) is 11.4 Å². The van der Waals surface area contributed by atoms with Gasteiger partial charge >= 0.3 is 0 Å². The fraction of sp³-hybridized carbons (Fsp3) is 0.0769.